The molecular formula is C17H15ClF2N2O2. The van der Waals surface area contributed by atoms with Crippen LogP contribution in [0.25, 0.3) is 0 Å². The Hall–Kier alpha value is -2.47. The van der Waals surface area contributed by atoms with Crippen molar-refractivity contribution < 1.29 is 18.4 Å². The smallest absolute Gasteiger partial charge is 0.226 e. The molecule has 2 aromatic carbocycles. The van der Waals surface area contributed by atoms with Crippen LogP contribution >= 0.6 is 11.6 Å². The van der Waals surface area contributed by atoms with E-state index in [0.717, 1.165) is 12.1 Å². The van der Waals surface area contributed by atoms with Crippen molar-refractivity contribution in [2.45, 2.75) is 19.4 Å². The van der Waals surface area contributed by atoms with Crippen LogP contribution in [0.1, 0.15) is 24.9 Å². The molecule has 0 fully saturated rings. The van der Waals surface area contributed by atoms with E-state index in [0.29, 0.717) is 16.7 Å². The normalized spacial score (nSPS) is 11.7. The van der Waals surface area contributed by atoms with Crippen LogP contribution in [0.4, 0.5) is 14.5 Å². The largest absolute Gasteiger partial charge is 0.349 e. The molecule has 2 aromatic rings. The molecule has 0 heterocycles. The molecule has 2 amide bonds. The topological polar surface area (TPSA) is 58.2 Å². The molecule has 2 rings (SSSR count). The summed E-state index contributed by atoms with van der Waals surface area (Å²) in [6.07, 6.45) is -0.113. The van der Waals surface area contributed by atoms with Gasteiger partial charge in [-0.05, 0) is 29.8 Å². The molecule has 0 bridgehead atoms. The maximum Gasteiger partial charge on any atom is 0.226 e. The Morgan fingerprint density at radius 2 is 1.79 bits per heavy atom. The van der Waals surface area contributed by atoms with Gasteiger partial charge in [0.15, 0.2) is 0 Å². The Balaban J connectivity index is 2.12. The third kappa shape index (κ3) is 5.03. The molecule has 1 unspecified atom stereocenters. The molecule has 2 N–H and O–H groups in total. The number of rotatable bonds is 5. The van der Waals surface area contributed by atoms with Gasteiger partial charge in [0.1, 0.15) is 11.6 Å². The van der Waals surface area contributed by atoms with Gasteiger partial charge in [-0.15, -0.1) is 0 Å². The highest BCUT2D eigenvalue weighted by atomic mass is 35.5. The Morgan fingerprint density at radius 1 is 1.12 bits per heavy atom. The van der Waals surface area contributed by atoms with E-state index in [1.165, 1.54) is 6.92 Å². The van der Waals surface area contributed by atoms with Gasteiger partial charge < -0.3 is 10.6 Å². The summed E-state index contributed by atoms with van der Waals surface area (Å²) < 4.78 is 26.5. The number of nitrogens with one attached hydrogen (secondary N) is 2. The summed E-state index contributed by atoms with van der Waals surface area (Å²) in [5.74, 6) is -2.43. The van der Waals surface area contributed by atoms with Crippen LogP contribution in [-0.2, 0) is 9.59 Å². The predicted octanol–water partition coefficient (Wildman–Crippen LogP) is 3.82. The second-order valence-corrected chi connectivity index (χ2v) is 5.62. The summed E-state index contributed by atoms with van der Waals surface area (Å²) in [6.45, 7) is 1.33. The maximum atomic E-state index is 13.6. The number of amides is 2. The number of carbonyl (C=O) groups is 2. The van der Waals surface area contributed by atoms with Crippen LogP contribution in [0.2, 0.25) is 5.02 Å². The van der Waals surface area contributed by atoms with Gasteiger partial charge in [0, 0.05) is 18.0 Å². The van der Waals surface area contributed by atoms with Crippen LogP contribution in [0.5, 0.6) is 0 Å². The van der Waals surface area contributed by atoms with Crippen molar-refractivity contribution in [1.82, 2.24) is 5.32 Å². The first-order valence-electron chi connectivity index (χ1n) is 7.12. The van der Waals surface area contributed by atoms with Crippen molar-refractivity contribution in [3.8, 4) is 0 Å². The fraction of sp³-hybridized carbons (Fsp3) is 0.176. The van der Waals surface area contributed by atoms with E-state index >= 15 is 0 Å². The van der Waals surface area contributed by atoms with E-state index < -0.39 is 23.6 Å². The van der Waals surface area contributed by atoms with Gasteiger partial charge in [-0.1, -0.05) is 23.7 Å². The first-order chi connectivity index (χ1) is 11.3. The number of benzene rings is 2. The van der Waals surface area contributed by atoms with Gasteiger partial charge >= 0.3 is 0 Å². The van der Waals surface area contributed by atoms with Crippen molar-refractivity contribution in [3.05, 3.63) is 64.7 Å². The molecule has 0 spiro atoms. The van der Waals surface area contributed by atoms with Crippen LogP contribution < -0.4 is 10.6 Å². The lowest BCUT2D eigenvalue weighted by molar-refractivity contribution is -0.120. The lowest BCUT2D eigenvalue weighted by Gasteiger charge is -2.18. The zero-order chi connectivity index (χ0) is 17.7. The molecule has 0 aliphatic rings. The minimum atomic E-state index is -0.870. The van der Waals surface area contributed by atoms with Crippen LogP contribution in [0.15, 0.2) is 42.5 Å². The average Bonchev–Trinajstić information content (AvgIpc) is 2.50. The lowest BCUT2D eigenvalue weighted by Crippen LogP contribution is -2.29. The molecule has 0 aliphatic carbocycles. The van der Waals surface area contributed by atoms with Crippen molar-refractivity contribution in [2.24, 2.45) is 0 Å². The fourth-order valence-corrected chi connectivity index (χ4v) is 2.30. The molecular weight excluding hydrogens is 338 g/mol. The summed E-state index contributed by atoms with van der Waals surface area (Å²) in [7, 11) is 0. The third-order valence-electron chi connectivity index (χ3n) is 3.24. The number of hydrogen-bond donors (Lipinski definition) is 2. The van der Waals surface area contributed by atoms with Gasteiger partial charge in [0.25, 0.3) is 0 Å². The van der Waals surface area contributed by atoms with Gasteiger partial charge in [0.05, 0.1) is 18.2 Å². The lowest BCUT2D eigenvalue weighted by atomic mass is 10.0. The Bertz CT molecular complexity index is 751. The van der Waals surface area contributed by atoms with Crippen LogP contribution in [-0.4, -0.2) is 11.8 Å². The highest BCUT2D eigenvalue weighted by molar-refractivity contribution is 6.30. The summed E-state index contributed by atoms with van der Waals surface area (Å²) in [5.41, 5.74) is 0.559. The van der Waals surface area contributed by atoms with E-state index in [4.69, 9.17) is 11.6 Å². The van der Waals surface area contributed by atoms with Gasteiger partial charge in [0.2, 0.25) is 11.8 Å². The number of anilines is 1. The monoisotopic (exact) mass is 352 g/mol. The second kappa shape index (κ2) is 7.88. The molecule has 0 aromatic heterocycles. The van der Waals surface area contributed by atoms with E-state index in [1.54, 1.807) is 24.3 Å². The first kappa shape index (κ1) is 17.9. The van der Waals surface area contributed by atoms with Crippen LogP contribution in [0.3, 0.4) is 0 Å². The highest BCUT2D eigenvalue weighted by Crippen LogP contribution is 2.21. The van der Waals surface area contributed by atoms with Crippen molar-refractivity contribution in [2.75, 3.05) is 5.32 Å². The second-order valence-electron chi connectivity index (χ2n) is 5.18. The standard InChI is InChI=1S/C17H15ClF2N2O2/c1-10(23)21-16(11-2-4-12(18)5-3-11)9-17(24)22-15-7-6-13(19)8-14(15)20/h2-8,16H,9H2,1H3,(H,21,23)(H,22,24). The number of halogens is 3. The molecule has 4 nitrogen and oxygen atoms in total. The van der Waals surface area contributed by atoms with Gasteiger partial charge in [-0.3, -0.25) is 9.59 Å². The first-order valence-corrected chi connectivity index (χ1v) is 7.50. The van der Waals surface area contributed by atoms with E-state index in [1.807, 2.05) is 0 Å². The summed E-state index contributed by atoms with van der Waals surface area (Å²) in [6, 6.07) is 8.93. The predicted molar refractivity (Wildman–Crippen MR) is 87.6 cm³/mol. The Labute approximate surface area is 142 Å². The number of carbonyl (C=O) groups excluding carboxylic acids is 2. The zero-order valence-corrected chi connectivity index (χ0v) is 13.5. The molecule has 24 heavy (non-hydrogen) atoms. The Morgan fingerprint density at radius 3 is 2.38 bits per heavy atom. The fourth-order valence-electron chi connectivity index (χ4n) is 2.17. The molecule has 7 heteroatoms. The highest BCUT2D eigenvalue weighted by Gasteiger charge is 2.18. The van der Waals surface area contributed by atoms with E-state index in [2.05, 4.69) is 10.6 Å². The summed E-state index contributed by atoms with van der Waals surface area (Å²) >= 11 is 5.83. The maximum absolute atomic E-state index is 13.6. The van der Waals surface area contributed by atoms with E-state index in [9.17, 15) is 18.4 Å². The Kier molecular flexibility index (Phi) is 5.87. The molecule has 1 atom stereocenters. The van der Waals surface area contributed by atoms with Crippen molar-refractivity contribution in [3.63, 3.8) is 0 Å². The molecule has 0 saturated heterocycles. The van der Waals surface area contributed by atoms with Crippen LogP contribution in [0, 0.1) is 11.6 Å². The third-order valence-corrected chi connectivity index (χ3v) is 3.50. The molecule has 0 saturated carbocycles. The average molecular weight is 353 g/mol. The van der Waals surface area contributed by atoms with Crippen molar-refractivity contribution >= 4 is 29.1 Å². The number of hydrogen-bond acceptors (Lipinski definition) is 2. The summed E-state index contributed by atoms with van der Waals surface area (Å²) in [4.78, 5) is 23.5. The quantitative estimate of drug-likeness (QED) is 0.859. The van der Waals surface area contributed by atoms with Gasteiger partial charge in [-0.25, -0.2) is 8.78 Å². The van der Waals surface area contributed by atoms with Gasteiger partial charge in [-0.2, -0.15) is 0 Å². The molecule has 126 valence electrons. The minimum Gasteiger partial charge on any atom is -0.349 e. The van der Waals surface area contributed by atoms with E-state index in [-0.39, 0.29) is 18.0 Å². The van der Waals surface area contributed by atoms with Crippen molar-refractivity contribution in [1.29, 1.82) is 0 Å². The minimum absolute atomic E-state index is 0.113. The SMILES string of the molecule is CC(=O)NC(CC(=O)Nc1ccc(F)cc1F)c1ccc(Cl)cc1. The molecule has 0 radical (unpaired) electrons. The molecule has 0 aliphatic heterocycles. The summed E-state index contributed by atoms with van der Waals surface area (Å²) in [5, 5.41) is 5.55. The zero-order valence-electron chi connectivity index (χ0n) is 12.8.